The SMILES string of the molecule is C[C@H]1CC[C@]23c4c5ccc(O)c4O[C@H]2C(OC(=O)CCCCO[NH+]([O-])O)C=CC3[C@H]1C5. The quantitative estimate of drug-likeness (QED) is 0.262. The third-order valence-corrected chi connectivity index (χ3v) is 7.77. The van der Waals surface area contributed by atoms with Crippen molar-refractivity contribution in [1.82, 2.24) is 0 Å². The van der Waals surface area contributed by atoms with Crippen LogP contribution in [-0.4, -0.2) is 35.1 Å². The number of ether oxygens (including phenoxy) is 2. The number of esters is 1. The molecule has 1 heterocycles. The summed E-state index contributed by atoms with van der Waals surface area (Å²) in [5, 5.41) is 28.1. The van der Waals surface area contributed by atoms with Crippen molar-refractivity contribution in [3.05, 3.63) is 40.6 Å². The summed E-state index contributed by atoms with van der Waals surface area (Å²) in [4.78, 5) is 17.0. The molecule has 0 aromatic heterocycles. The van der Waals surface area contributed by atoms with E-state index in [1.54, 1.807) is 6.07 Å². The van der Waals surface area contributed by atoms with Gasteiger partial charge in [-0.15, -0.1) is 0 Å². The average Bonchev–Trinajstić information content (AvgIpc) is 3.08. The van der Waals surface area contributed by atoms with E-state index in [4.69, 9.17) is 14.7 Å². The van der Waals surface area contributed by atoms with Crippen LogP contribution < -0.4 is 10.1 Å². The second-order valence-electron chi connectivity index (χ2n) is 9.35. The Kier molecular flexibility index (Phi) is 5.21. The van der Waals surface area contributed by atoms with E-state index in [1.165, 1.54) is 5.56 Å². The molecular formula is C23H29NO7. The molecule has 1 spiro atoms. The first-order valence-corrected chi connectivity index (χ1v) is 11.2. The molecule has 3 unspecified atom stereocenters. The zero-order valence-corrected chi connectivity index (χ0v) is 17.6. The molecule has 1 aliphatic heterocycles. The van der Waals surface area contributed by atoms with E-state index in [1.807, 2.05) is 12.1 Å². The van der Waals surface area contributed by atoms with E-state index in [0.29, 0.717) is 36.3 Å². The lowest BCUT2D eigenvalue weighted by molar-refractivity contribution is -1.21. The lowest BCUT2D eigenvalue weighted by Gasteiger charge is -2.55. The Morgan fingerprint density at radius 3 is 3.00 bits per heavy atom. The lowest BCUT2D eigenvalue weighted by Crippen LogP contribution is -3.03. The summed E-state index contributed by atoms with van der Waals surface area (Å²) in [7, 11) is 0. The molecule has 0 saturated heterocycles. The van der Waals surface area contributed by atoms with Gasteiger partial charge in [0.15, 0.2) is 17.6 Å². The molecule has 3 aliphatic carbocycles. The molecule has 8 nitrogen and oxygen atoms in total. The molecule has 1 aromatic rings. The molecule has 1 saturated carbocycles. The molecular weight excluding hydrogens is 402 g/mol. The predicted molar refractivity (Wildman–Crippen MR) is 108 cm³/mol. The Labute approximate surface area is 180 Å². The molecule has 1 aromatic carbocycles. The first-order valence-electron chi connectivity index (χ1n) is 11.2. The largest absolute Gasteiger partial charge is 0.566 e. The van der Waals surface area contributed by atoms with Crippen LogP contribution in [-0.2, 0) is 26.2 Å². The highest BCUT2D eigenvalue weighted by Gasteiger charge is 2.65. The number of quaternary nitrogens is 1. The number of nitrogens with one attached hydrogen (secondary N) is 1. The first kappa shape index (κ1) is 20.8. The predicted octanol–water partition coefficient (Wildman–Crippen LogP) is 1.96. The number of unbranched alkanes of at least 4 members (excludes halogenated alkanes) is 1. The fraction of sp³-hybridized carbons (Fsp3) is 0.609. The normalized spacial score (nSPS) is 35.3. The Hall–Kier alpha value is -2.13. The van der Waals surface area contributed by atoms with E-state index >= 15 is 0 Å². The van der Waals surface area contributed by atoms with Gasteiger partial charge in [0.1, 0.15) is 12.7 Å². The summed E-state index contributed by atoms with van der Waals surface area (Å²) in [5.74, 6) is 1.84. The molecule has 31 heavy (non-hydrogen) atoms. The van der Waals surface area contributed by atoms with Crippen molar-refractivity contribution in [1.29, 1.82) is 0 Å². The molecule has 7 atom stereocenters. The van der Waals surface area contributed by atoms with Gasteiger partial charge in [-0.05, 0) is 67.6 Å². The van der Waals surface area contributed by atoms with Gasteiger partial charge in [-0.2, -0.15) is 10.0 Å². The summed E-state index contributed by atoms with van der Waals surface area (Å²) in [6, 6.07) is 3.75. The Morgan fingerprint density at radius 2 is 2.19 bits per heavy atom. The maximum atomic E-state index is 12.5. The van der Waals surface area contributed by atoms with Crippen molar-refractivity contribution < 1.29 is 34.8 Å². The number of benzene rings is 1. The Morgan fingerprint density at radius 1 is 1.35 bits per heavy atom. The molecule has 4 aliphatic rings. The molecule has 0 amide bonds. The molecule has 2 bridgehead atoms. The van der Waals surface area contributed by atoms with Crippen molar-refractivity contribution >= 4 is 5.97 Å². The average molecular weight is 431 g/mol. The lowest BCUT2D eigenvalue weighted by atomic mass is 9.48. The summed E-state index contributed by atoms with van der Waals surface area (Å²) in [5.41, 5.74) is 2.12. The van der Waals surface area contributed by atoms with Crippen molar-refractivity contribution in [2.75, 3.05) is 6.61 Å². The number of rotatable bonds is 7. The smallest absolute Gasteiger partial charge is 0.306 e. The van der Waals surface area contributed by atoms with Crippen LogP contribution in [0.2, 0.25) is 0 Å². The van der Waals surface area contributed by atoms with Crippen molar-refractivity contribution in [3.8, 4) is 11.5 Å². The minimum Gasteiger partial charge on any atom is -0.566 e. The number of hydrogen-bond donors (Lipinski definition) is 3. The maximum absolute atomic E-state index is 12.5. The van der Waals surface area contributed by atoms with Crippen LogP contribution in [0.3, 0.4) is 0 Å². The van der Waals surface area contributed by atoms with Crippen molar-refractivity contribution in [2.45, 2.75) is 63.1 Å². The Balaban J connectivity index is 1.36. The van der Waals surface area contributed by atoms with Crippen LogP contribution in [0.5, 0.6) is 11.5 Å². The molecule has 5 rings (SSSR count). The van der Waals surface area contributed by atoms with Crippen LogP contribution in [0.15, 0.2) is 24.3 Å². The fourth-order valence-corrected chi connectivity index (χ4v) is 6.42. The van der Waals surface area contributed by atoms with Gasteiger partial charge in [0.2, 0.25) is 0 Å². The number of aromatic hydroxyl groups is 1. The third-order valence-electron chi connectivity index (χ3n) is 7.77. The van der Waals surface area contributed by atoms with Crippen LogP contribution in [0.25, 0.3) is 0 Å². The summed E-state index contributed by atoms with van der Waals surface area (Å²) in [6.45, 7) is 2.39. The second kappa shape index (κ2) is 7.78. The van der Waals surface area contributed by atoms with Gasteiger partial charge < -0.3 is 19.8 Å². The highest BCUT2D eigenvalue weighted by Crippen LogP contribution is 2.65. The second-order valence-corrected chi connectivity index (χ2v) is 9.35. The van der Waals surface area contributed by atoms with E-state index < -0.39 is 11.5 Å². The molecule has 0 radical (unpaired) electrons. The molecule has 1 fully saturated rings. The summed E-state index contributed by atoms with van der Waals surface area (Å²) < 4.78 is 12.2. The first-order chi connectivity index (χ1) is 14.9. The van der Waals surface area contributed by atoms with Crippen LogP contribution >= 0.6 is 0 Å². The van der Waals surface area contributed by atoms with E-state index in [2.05, 4.69) is 17.8 Å². The number of phenols is 1. The van der Waals surface area contributed by atoms with Crippen LogP contribution in [0, 0.1) is 23.0 Å². The van der Waals surface area contributed by atoms with Gasteiger partial charge in [0.05, 0.1) is 0 Å². The zero-order valence-electron chi connectivity index (χ0n) is 17.6. The third kappa shape index (κ3) is 3.24. The minimum atomic E-state index is -1.31. The molecule has 168 valence electrons. The number of carbonyl (C=O) groups is 1. The summed E-state index contributed by atoms with van der Waals surface area (Å²) in [6.07, 6.45) is 7.54. The van der Waals surface area contributed by atoms with Crippen molar-refractivity contribution in [2.24, 2.45) is 17.8 Å². The highest BCUT2D eigenvalue weighted by molar-refractivity contribution is 5.70. The number of phenolic OH excluding ortho intramolecular Hbond substituents is 1. The van der Waals surface area contributed by atoms with Gasteiger partial charge in [0, 0.05) is 17.4 Å². The molecule has 3 N–H and O–H groups in total. The topological polar surface area (TPSA) is 113 Å². The van der Waals surface area contributed by atoms with Gasteiger partial charge in [-0.25, -0.2) is 0 Å². The van der Waals surface area contributed by atoms with E-state index in [0.717, 1.165) is 24.8 Å². The van der Waals surface area contributed by atoms with Gasteiger partial charge in [0.25, 0.3) is 0 Å². The monoisotopic (exact) mass is 431 g/mol. The van der Waals surface area contributed by atoms with Crippen LogP contribution in [0.4, 0.5) is 0 Å². The zero-order chi connectivity index (χ0) is 21.8. The van der Waals surface area contributed by atoms with E-state index in [-0.39, 0.29) is 36.3 Å². The fourth-order valence-electron chi connectivity index (χ4n) is 6.42. The number of hydrogen-bond acceptors (Lipinski definition) is 7. The molecule has 8 heteroatoms. The van der Waals surface area contributed by atoms with E-state index in [9.17, 15) is 15.1 Å². The van der Waals surface area contributed by atoms with Crippen LogP contribution in [0.1, 0.15) is 50.2 Å². The number of allylic oxidation sites excluding steroid dienone is 1. The Bertz CT molecular complexity index is 900. The maximum Gasteiger partial charge on any atom is 0.306 e. The van der Waals surface area contributed by atoms with Crippen molar-refractivity contribution in [3.63, 3.8) is 0 Å². The van der Waals surface area contributed by atoms with Gasteiger partial charge in [-0.1, -0.05) is 24.5 Å². The standard InChI is InChI=1S/C23H29NO7/c1-13-9-10-23-16-6-8-18(30-19(26)4-2-3-11-29-24(27)28)22(23)31-21-17(25)7-5-14(20(21)23)12-15(13)16/h5-8,13,15-16,18,22,24-25,27H,2-4,9-12H2,1H3/t13-,15-,16?,18?,22-,23-/m0/s1. The van der Waals surface area contributed by atoms with Gasteiger partial charge >= 0.3 is 5.97 Å². The highest BCUT2D eigenvalue weighted by atomic mass is 17.1. The van der Waals surface area contributed by atoms with Gasteiger partial charge in [-0.3, -0.25) is 4.79 Å². The summed E-state index contributed by atoms with van der Waals surface area (Å²) >= 11 is 0. The number of carbonyl (C=O) groups excluding carboxylic acids is 1. The minimum absolute atomic E-state index is 0.0689.